The van der Waals surface area contributed by atoms with E-state index in [1.54, 1.807) is 0 Å². The van der Waals surface area contributed by atoms with Crippen molar-refractivity contribution in [3.8, 4) is 0 Å². The highest BCUT2D eigenvalue weighted by molar-refractivity contribution is 6.31. The lowest BCUT2D eigenvalue weighted by molar-refractivity contribution is -0.00288. The van der Waals surface area contributed by atoms with Crippen LogP contribution in [0.3, 0.4) is 0 Å². The average Bonchev–Trinajstić information content (AvgIpc) is 2.50. The van der Waals surface area contributed by atoms with Crippen LogP contribution in [0.25, 0.3) is 0 Å². The standard InChI is InChI=1S/C16H23ClFN3/c1-2-19-15(9-12-3-4-13(18)10-14(12)17)16-11-20-5-7-21(16)8-6-20/h3-4,10,15-16,19H,2,5-9,11H2,1H3. The second-order valence-corrected chi connectivity index (χ2v) is 6.42. The van der Waals surface area contributed by atoms with Gasteiger partial charge in [-0.25, -0.2) is 4.39 Å². The van der Waals surface area contributed by atoms with Crippen LogP contribution < -0.4 is 5.32 Å². The summed E-state index contributed by atoms with van der Waals surface area (Å²) in [6, 6.07) is 5.62. The fourth-order valence-electron chi connectivity index (χ4n) is 3.57. The second kappa shape index (κ2) is 6.61. The molecular weight excluding hydrogens is 289 g/mol. The van der Waals surface area contributed by atoms with Crippen LogP contribution in [0.2, 0.25) is 5.02 Å². The normalized spacial score (nSPS) is 29.6. The van der Waals surface area contributed by atoms with E-state index in [1.807, 2.05) is 6.07 Å². The molecule has 0 aliphatic carbocycles. The maximum atomic E-state index is 13.2. The maximum Gasteiger partial charge on any atom is 0.124 e. The number of fused-ring (bicyclic) bond motifs is 3. The summed E-state index contributed by atoms with van der Waals surface area (Å²) < 4.78 is 13.2. The summed E-state index contributed by atoms with van der Waals surface area (Å²) in [4.78, 5) is 5.13. The highest BCUT2D eigenvalue weighted by Gasteiger charge is 2.36. The first-order valence-electron chi connectivity index (χ1n) is 7.81. The molecule has 3 aliphatic heterocycles. The largest absolute Gasteiger partial charge is 0.312 e. The van der Waals surface area contributed by atoms with E-state index in [-0.39, 0.29) is 5.82 Å². The maximum absolute atomic E-state index is 13.2. The molecule has 1 aromatic carbocycles. The first kappa shape index (κ1) is 15.2. The summed E-state index contributed by atoms with van der Waals surface area (Å²) in [5.41, 5.74) is 1.03. The van der Waals surface area contributed by atoms with Gasteiger partial charge in [-0.2, -0.15) is 0 Å². The minimum Gasteiger partial charge on any atom is -0.312 e. The van der Waals surface area contributed by atoms with Crippen molar-refractivity contribution in [2.45, 2.75) is 25.4 Å². The first-order valence-corrected chi connectivity index (χ1v) is 8.19. The fourth-order valence-corrected chi connectivity index (χ4v) is 3.81. The fraction of sp³-hybridized carbons (Fsp3) is 0.625. The number of hydrogen-bond acceptors (Lipinski definition) is 3. The number of piperazine rings is 3. The van der Waals surface area contributed by atoms with E-state index in [4.69, 9.17) is 11.6 Å². The zero-order valence-corrected chi connectivity index (χ0v) is 13.2. The van der Waals surface area contributed by atoms with Crippen LogP contribution in [-0.4, -0.2) is 61.2 Å². The molecular formula is C16H23ClFN3. The smallest absolute Gasteiger partial charge is 0.124 e. The lowest BCUT2D eigenvalue weighted by Crippen LogP contribution is -2.66. The molecule has 116 valence electrons. The van der Waals surface area contributed by atoms with Gasteiger partial charge in [0.25, 0.3) is 0 Å². The zero-order chi connectivity index (χ0) is 14.8. The molecule has 5 heteroatoms. The minimum atomic E-state index is -0.268. The summed E-state index contributed by atoms with van der Waals surface area (Å²) in [5.74, 6) is -0.268. The Hall–Kier alpha value is -0.680. The molecule has 2 atom stereocenters. The van der Waals surface area contributed by atoms with E-state index in [0.29, 0.717) is 17.1 Å². The van der Waals surface area contributed by atoms with Crippen LogP contribution in [0.15, 0.2) is 18.2 Å². The number of halogens is 2. The summed E-state index contributed by atoms with van der Waals surface area (Å²) in [7, 11) is 0. The van der Waals surface area contributed by atoms with Crippen LogP contribution >= 0.6 is 11.6 Å². The van der Waals surface area contributed by atoms with Gasteiger partial charge in [-0.1, -0.05) is 24.6 Å². The second-order valence-electron chi connectivity index (χ2n) is 6.01. The Labute approximate surface area is 131 Å². The Balaban J connectivity index is 1.75. The van der Waals surface area contributed by atoms with Crippen molar-refractivity contribution in [1.29, 1.82) is 0 Å². The number of hydrogen-bond donors (Lipinski definition) is 1. The molecule has 3 fully saturated rings. The topological polar surface area (TPSA) is 18.5 Å². The number of benzene rings is 1. The SMILES string of the molecule is CCNC(Cc1ccc(F)cc1Cl)C1CN2CCN1CC2. The number of likely N-dealkylation sites (N-methyl/N-ethyl adjacent to an activating group) is 1. The molecule has 2 unspecified atom stereocenters. The van der Waals surface area contributed by atoms with Gasteiger partial charge in [-0.15, -0.1) is 0 Å². The predicted octanol–water partition coefficient (Wildman–Crippen LogP) is 2.00. The highest BCUT2D eigenvalue weighted by atomic mass is 35.5. The molecule has 0 saturated carbocycles. The van der Waals surface area contributed by atoms with Crippen LogP contribution in [0.5, 0.6) is 0 Å². The first-order chi connectivity index (χ1) is 10.2. The third-order valence-corrected chi connectivity index (χ3v) is 5.06. The van der Waals surface area contributed by atoms with Gasteiger partial charge in [-0.3, -0.25) is 9.80 Å². The molecule has 3 heterocycles. The summed E-state index contributed by atoms with van der Waals surface area (Å²) >= 11 is 6.20. The van der Waals surface area contributed by atoms with E-state index in [0.717, 1.165) is 38.2 Å². The molecule has 21 heavy (non-hydrogen) atoms. The third kappa shape index (κ3) is 3.39. The number of nitrogens with one attached hydrogen (secondary N) is 1. The lowest BCUT2D eigenvalue weighted by Gasteiger charge is -2.50. The van der Waals surface area contributed by atoms with Crippen molar-refractivity contribution in [1.82, 2.24) is 15.1 Å². The van der Waals surface area contributed by atoms with Gasteiger partial charge in [0.1, 0.15) is 5.82 Å². The van der Waals surface area contributed by atoms with Crippen molar-refractivity contribution in [3.63, 3.8) is 0 Å². The Morgan fingerprint density at radius 3 is 2.67 bits per heavy atom. The summed E-state index contributed by atoms with van der Waals surface area (Å²) in [5, 5.41) is 4.14. The minimum absolute atomic E-state index is 0.268. The summed E-state index contributed by atoms with van der Waals surface area (Å²) in [6.45, 7) is 8.88. The van der Waals surface area contributed by atoms with E-state index >= 15 is 0 Å². The zero-order valence-electron chi connectivity index (χ0n) is 12.5. The lowest BCUT2D eigenvalue weighted by atomic mass is 9.94. The van der Waals surface area contributed by atoms with Gasteiger partial charge in [0.05, 0.1) is 0 Å². The van der Waals surface area contributed by atoms with Crippen LogP contribution in [0.4, 0.5) is 4.39 Å². The number of nitrogens with zero attached hydrogens (tertiary/aromatic N) is 2. The Morgan fingerprint density at radius 1 is 1.33 bits per heavy atom. The van der Waals surface area contributed by atoms with Gasteiger partial charge in [0.2, 0.25) is 0 Å². The molecule has 0 amide bonds. The highest BCUT2D eigenvalue weighted by Crippen LogP contribution is 2.24. The molecule has 1 N–H and O–H groups in total. The van der Waals surface area contributed by atoms with Gasteiger partial charge < -0.3 is 5.32 Å². The van der Waals surface area contributed by atoms with E-state index in [1.165, 1.54) is 25.2 Å². The van der Waals surface area contributed by atoms with Gasteiger partial charge >= 0.3 is 0 Å². The van der Waals surface area contributed by atoms with Gasteiger partial charge in [-0.05, 0) is 30.7 Å². The predicted molar refractivity (Wildman–Crippen MR) is 84.4 cm³/mol. The van der Waals surface area contributed by atoms with Crippen molar-refractivity contribution in [2.24, 2.45) is 0 Å². The van der Waals surface area contributed by atoms with E-state index < -0.39 is 0 Å². The summed E-state index contributed by atoms with van der Waals surface area (Å²) in [6.07, 6.45) is 0.849. The van der Waals surface area contributed by atoms with Crippen LogP contribution in [0, 0.1) is 5.82 Å². The monoisotopic (exact) mass is 311 g/mol. The van der Waals surface area contributed by atoms with Gasteiger partial charge in [0.15, 0.2) is 0 Å². The Morgan fingerprint density at radius 2 is 2.10 bits per heavy atom. The van der Waals surface area contributed by atoms with Crippen LogP contribution in [-0.2, 0) is 6.42 Å². The van der Waals surface area contributed by atoms with Crippen LogP contribution in [0.1, 0.15) is 12.5 Å². The van der Waals surface area contributed by atoms with E-state index in [2.05, 4.69) is 22.0 Å². The molecule has 3 saturated heterocycles. The average molecular weight is 312 g/mol. The van der Waals surface area contributed by atoms with Crippen molar-refractivity contribution >= 4 is 11.6 Å². The molecule has 4 rings (SSSR count). The van der Waals surface area contributed by atoms with Crippen molar-refractivity contribution < 1.29 is 4.39 Å². The molecule has 1 aromatic rings. The van der Waals surface area contributed by atoms with Gasteiger partial charge in [0, 0.05) is 49.8 Å². The molecule has 3 nitrogen and oxygen atoms in total. The molecule has 0 aromatic heterocycles. The Bertz CT molecular complexity index is 488. The molecule has 0 radical (unpaired) electrons. The molecule has 0 spiro atoms. The van der Waals surface area contributed by atoms with Crippen molar-refractivity contribution in [2.75, 3.05) is 39.3 Å². The number of rotatable bonds is 5. The molecule has 2 bridgehead atoms. The van der Waals surface area contributed by atoms with E-state index in [9.17, 15) is 4.39 Å². The quantitative estimate of drug-likeness (QED) is 0.897. The molecule has 3 aliphatic rings. The third-order valence-electron chi connectivity index (χ3n) is 4.71. The Kier molecular flexibility index (Phi) is 4.79. The van der Waals surface area contributed by atoms with Crippen molar-refractivity contribution in [3.05, 3.63) is 34.6 Å².